The minimum absolute atomic E-state index is 0.468. The Kier molecular flexibility index (Phi) is 2.76. The van der Waals surface area contributed by atoms with Gasteiger partial charge in [0.05, 0.1) is 0 Å². The van der Waals surface area contributed by atoms with Crippen LogP contribution in [0.2, 0.25) is 0 Å². The molecule has 0 aliphatic heterocycles. The maximum atomic E-state index is 4.04. The van der Waals surface area contributed by atoms with E-state index in [0.717, 1.165) is 6.42 Å². The van der Waals surface area contributed by atoms with E-state index >= 15 is 0 Å². The van der Waals surface area contributed by atoms with E-state index in [1.165, 1.54) is 0 Å². The topological polar surface area (TPSA) is 0 Å². The highest BCUT2D eigenvalue weighted by Gasteiger charge is 1.81. The molecule has 0 aliphatic rings. The lowest BCUT2D eigenvalue weighted by molar-refractivity contribution is 0.988. The molecule has 1 unspecified atom stereocenters. The van der Waals surface area contributed by atoms with Crippen molar-refractivity contribution in [2.24, 2.45) is 0 Å². The van der Waals surface area contributed by atoms with Crippen LogP contribution in [0.4, 0.5) is 0 Å². The van der Waals surface area contributed by atoms with E-state index in [-0.39, 0.29) is 0 Å². The normalized spacial score (nSPS) is 15.0. The predicted molar refractivity (Wildman–Crippen MR) is 28.4 cm³/mol. The van der Waals surface area contributed by atoms with Gasteiger partial charge in [0, 0.05) is 0 Å². The molecule has 0 N–H and O–H groups in total. The van der Waals surface area contributed by atoms with Crippen molar-refractivity contribution in [2.75, 3.05) is 0 Å². The van der Waals surface area contributed by atoms with Crippen LogP contribution in [0.1, 0.15) is 13.3 Å². The smallest absolute Gasteiger partial charge is 0.00116 e. The molecule has 5 heavy (non-hydrogen) atoms. The first kappa shape index (κ1) is 5.35. The first-order valence-corrected chi connectivity index (χ1v) is 2.26. The third-order valence-corrected chi connectivity index (χ3v) is 0.676. The fourth-order valence-corrected chi connectivity index (χ4v) is 0. The van der Waals surface area contributed by atoms with Crippen molar-refractivity contribution in [2.45, 2.75) is 18.6 Å². The quantitative estimate of drug-likeness (QED) is 0.463. The second-order valence-corrected chi connectivity index (χ2v) is 2.02. The Bertz CT molecular complexity index is 17.6. The van der Waals surface area contributed by atoms with Gasteiger partial charge < -0.3 is 0 Å². The SMILES string of the molecule is [CH2]CC(C)S. The lowest BCUT2D eigenvalue weighted by Gasteiger charge is -1.89. The molecular weight excluding hydrogens is 80.1 g/mol. The van der Waals surface area contributed by atoms with Crippen molar-refractivity contribution in [1.82, 2.24) is 0 Å². The summed E-state index contributed by atoms with van der Waals surface area (Å²) in [5.41, 5.74) is 0. The van der Waals surface area contributed by atoms with Gasteiger partial charge >= 0.3 is 0 Å². The van der Waals surface area contributed by atoms with Crippen LogP contribution in [0, 0.1) is 6.92 Å². The number of hydrogen-bond donors (Lipinski definition) is 1. The molecule has 0 spiro atoms. The summed E-state index contributed by atoms with van der Waals surface area (Å²) in [4.78, 5) is 0. The van der Waals surface area contributed by atoms with Gasteiger partial charge in [0.2, 0.25) is 0 Å². The molecule has 0 nitrogen and oxygen atoms in total. The summed E-state index contributed by atoms with van der Waals surface area (Å²) < 4.78 is 0. The van der Waals surface area contributed by atoms with Crippen molar-refractivity contribution in [3.05, 3.63) is 6.92 Å². The van der Waals surface area contributed by atoms with Crippen LogP contribution >= 0.6 is 12.6 Å². The lowest BCUT2D eigenvalue weighted by atomic mass is 10.4. The molecule has 0 rings (SSSR count). The van der Waals surface area contributed by atoms with E-state index < -0.39 is 0 Å². The number of rotatable bonds is 1. The Labute approximate surface area is 39.0 Å². The monoisotopic (exact) mass is 89.0 g/mol. The van der Waals surface area contributed by atoms with Crippen LogP contribution in [-0.2, 0) is 0 Å². The highest BCUT2D eigenvalue weighted by molar-refractivity contribution is 7.80. The summed E-state index contributed by atoms with van der Waals surface area (Å²) in [6.07, 6.45) is 0.920. The van der Waals surface area contributed by atoms with Gasteiger partial charge in [-0.3, -0.25) is 0 Å². The summed E-state index contributed by atoms with van der Waals surface area (Å²) in [5.74, 6) is 0. The minimum atomic E-state index is 0.468. The average Bonchev–Trinajstić information content (AvgIpc) is 1.38. The zero-order chi connectivity index (χ0) is 4.28. The van der Waals surface area contributed by atoms with E-state index in [0.29, 0.717) is 5.25 Å². The summed E-state index contributed by atoms with van der Waals surface area (Å²) in [5, 5.41) is 0.468. The molecule has 0 bridgehead atoms. The second-order valence-electron chi connectivity index (χ2n) is 1.14. The van der Waals surface area contributed by atoms with Gasteiger partial charge in [-0.1, -0.05) is 13.8 Å². The van der Waals surface area contributed by atoms with Gasteiger partial charge in [-0.05, 0) is 11.7 Å². The van der Waals surface area contributed by atoms with Gasteiger partial charge in [-0.2, -0.15) is 12.6 Å². The Morgan fingerprint density at radius 2 is 2.20 bits per heavy atom. The Morgan fingerprint density at radius 3 is 2.20 bits per heavy atom. The van der Waals surface area contributed by atoms with Crippen molar-refractivity contribution in [3.63, 3.8) is 0 Å². The Balaban J connectivity index is 2.54. The largest absolute Gasteiger partial charge is 0.176 e. The molecule has 0 aromatic carbocycles. The van der Waals surface area contributed by atoms with E-state index in [1.807, 2.05) is 6.92 Å². The number of thiol groups is 1. The highest BCUT2D eigenvalue weighted by atomic mass is 32.1. The molecule has 0 aliphatic carbocycles. The van der Waals surface area contributed by atoms with E-state index in [9.17, 15) is 0 Å². The molecule has 0 aromatic rings. The minimum Gasteiger partial charge on any atom is -0.176 e. The Morgan fingerprint density at radius 1 is 2.00 bits per heavy atom. The second kappa shape index (κ2) is 2.58. The van der Waals surface area contributed by atoms with Crippen LogP contribution in [0.5, 0.6) is 0 Å². The molecule has 1 radical (unpaired) electrons. The summed E-state index contributed by atoms with van der Waals surface area (Å²) >= 11 is 4.04. The number of hydrogen-bond acceptors (Lipinski definition) is 1. The summed E-state index contributed by atoms with van der Waals surface area (Å²) in [6, 6.07) is 0. The highest BCUT2D eigenvalue weighted by Crippen LogP contribution is 1.93. The van der Waals surface area contributed by atoms with Crippen LogP contribution in [0.3, 0.4) is 0 Å². The van der Waals surface area contributed by atoms with E-state index in [2.05, 4.69) is 19.6 Å². The van der Waals surface area contributed by atoms with Crippen molar-refractivity contribution < 1.29 is 0 Å². The van der Waals surface area contributed by atoms with Crippen LogP contribution < -0.4 is 0 Å². The molecule has 31 valence electrons. The van der Waals surface area contributed by atoms with E-state index in [4.69, 9.17) is 0 Å². The van der Waals surface area contributed by atoms with Crippen molar-refractivity contribution >= 4 is 12.6 Å². The lowest BCUT2D eigenvalue weighted by Crippen LogP contribution is -1.82. The molecule has 0 amide bonds. The summed E-state index contributed by atoms with van der Waals surface area (Å²) in [7, 11) is 0. The molecule has 1 heteroatoms. The van der Waals surface area contributed by atoms with Crippen molar-refractivity contribution in [1.29, 1.82) is 0 Å². The standard InChI is InChI=1S/C4H9S/c1-3-4(2)5/h4-5H,1,3H2,2H3. The fraction of sp³-hybridized carbons (Fsp3) is 0.750. The first-order chi connectivity index (χ1) is 2.27. The van der Waals surface area contributed by atoms with Gasteiger partial charge in [0.1, 0.15) is 0 Å². The molecule has 0 heterocycles. The molecule has 0 saturated heterocycles. The zero-order valence-corrected chi connectivity index (χ0v) is 4.33. The molecule has 0 saturated carbocycles. The third-order valence-electron chi connectivity index (χ3n) is 0.418. The maximum absolute atomic E-state index is 4.04. The molecule has 1 atom stereocenters. The summed E-state index contributed by atoms with van der Waals surface area (Å²) in [6.45, 7) is 5.63. The third kappa shape index (κ3) is 4.35. The average molecular weight is 89.2 g/mol. The molecule has 0 fully saturated rings. The van der Waals surface area contributed by atoms with Gasteiger partial charge in [-0.25, -0.2) is 0 Å². The maximum Gasteiger partial charge on any atom is -0.00116 e. The van der Waals surface area contributed by atoms with E-state index in [1.54, 1.807) is 0 Å². The van der Waals surface area contributed by atoms with Crippen LogP contribution in [0.25, 0.3) is 0 Å². The molecule has 0 aromatic heterocycles. The fourth-order valence-electron chi connectivity index (χ4n) is 0. The van der Waals surface area contributed by atoms with Crippen LogP contribution in [0.15, 0.2) is 0 Å². The van der Waals surface area contributed by atoms with Crippen molar-refractivity contribution in [3.8, 4) is 0 Å². The van der Waals surface area contributed by atoms with Gasteiger partial charge in [0.25, 0.3) is 0 Å². The predicted octanol–water partition coefficient (Wildman–Crippen LogP) is 1.53. The van der Waals surface area contributed by atoms with Gasteiger partial charge in [-0.15, -0.1) is 0 Å². The van der Waals surface area contributed by atoms with Crippen LogP contribution in [-0.4, -0.2) is 5.25 Å². The van der Waals surface area contributed by atoms with Gasteiger partial charge in [0.15, 0.2) is 0 Å². The Hall–Kier alpha value is 0.350. The molecular formula is C4H9S. The zero-order valence-electron chi connectivity index (χ0n) is 3.44. The first-order valence-electron chi connectivity index (χ1n) is 1.74.